The Labute approximate surface area is 228 Å². The van der Waals surface area contributed by atoms with Gasteiger partial charge in [-0.3, -0.25) is 9.69 Å². The second-order valence-electron chi connectivity index (χ2n) is 9.37. The van der Waals surface area contributed by atoms with Crippen LogP contribution < -0.4 is 19.1 Å². The third kappa shape index (κ3) is 6.79. The topological polar surface area (TPSA) is 51.2 Å². The minimum absolute atomic E-state index is 0.0131. The summed E-state index contributed by atoms with van der Waals surface area (Å²) in [5.74, 6) is 1.41. The molecule has 38 heavy (non-hydrogen) atoms. The number of carbonyl (C=O) groups excluding carboxylic acids is 1. The molecule has 0 saturated carbocycles. The summed E-state index contributed by atoms with van der Waals surface area (Å²) in [4.78, 5) is 17.8. The van der Waals surface area contributed by atoms with E-state index in [1.165, 1.54) is 6.07 Å². The van der Waals surface area contributed by atoms with Gasteiger partial charge in [0, 0.05) is 23.9 Å². The number of para-hydroxylation sites is 1. The van der Waals surface area contributed by atoms with E-state index in [4.69, 9.17) is 14.2 Å². The number of methoxy groups -OCH3 is 1. The molecular weight excluding hydrogens is 503 g/mol. The highest BCUT2D eigenvalue weighted by Crippen LogP contribution is 2.53. The molecule has 0 bridgehead atoms. The number of ether oxygens (including phenoxy) is 3. The van der Waals surface area contributed by atoms with Crippen molar-refractivity contribution >= 4 is 23.4 Å². The van der Waals surface area contributed by atoms with Crippen LogP contribution in [0.4, 0.5) is 10.1 Å². The Morgan fingerprint density at radius 3 is 2.55 bits per heavy atom. The number of carbonyl (C=O) groups is 1. The Hall–Kier alpha value is -3.23. The van der Waals surface area contributed by atoms with Crippen LogP contribution in [0.1, 0.15) is 36.3 Å². The van der Waals surface area contributed by atoms with Crippen LogP contribution in [-0.2, 0) is 4.79 Å². The van der Waals surface area contributed by atoms with Crippen LogP contribution in [0.3, 0.4) is 0 Å². The molecule has 0 N–H and O–H groups in total. The standard InChI is InChI=1S/C30H35FN2O4S/c1-21-11-13-26-29(19-21)38-30(33(26)22(2)34)24-20-23(35-4)12-14-27(24)36-17-8-7-15-32(3)16-18-37-28-10-6-5-9-25(28)31/h5-6,9-14,19-20,30H,7-8,15-18H2,1-4H3. The summed E-state index contributed by atoms with van der Waals surface area (Å²) < 4.78 is 31.0. The van der Waals surface area contributed by atoms with Gasteiger partial charge in [0.2, 0.25) is 5.91 Å². The van der Waals surface area contributed by atoms with Crippen molar-refractivity contribution in [3.63, 3.8) is 0 Å². The van der Waals surface area contributed by atoms with Crippen molar-refractivity contribution in [2.24, 2.45) is 0 Å². The Balaban J connectivity index is 1.32. The number of nitrogens with zero attached hydrogens (tertiary/aromatic N) is 2. The van der Waals surface area contributed by atoms with Gasteiger partial charge in [-0.15, -0.1) is 0 Å². The normalized spacial score (nSPS) is 14.5. The molecule has 3 aromatic rings. The van der Waals surface area contributed by atoms with Gasteiger partial charge in [0.05, 0.1) is 19.4 Å². The van der Waals surface area contributed by atoms with E-state index in [0.29, 0.717) is 19.8 Å². The molecule has 3 aromatic carbocycles. The second kappa shape index (κ2) is 13.0. The Bertz CT molecular complexity index is 1250. The van der Waals surface area contributed by atoms with E-state index >= 15 is 0 Å². The van der Waals surface area contributed by atoms with Crippen molar-refractivity contribution in [1.29, 1.82) is 0 Å². The first-order chi connectivity index (χ1) is 18.4. The van der Waals surface area contributed by atoms with Gasteiger partial charge in [-0.1, -0.05) is 30.0 Å². The van der Waals surface area contributed by atoms with E-state index in [1.807, 2.05) is 42.3 Å². The molecular formula is C30H35FN2O4S. The number of fused-ring (bicyclic) bond motifs is 1. The predicted octanol–water partition coefficient (Wildman–Crippen LogP) is 6.47. The number of rotatable bonds is 12. The molecule has 8 heteroatoms. The van der Waals surface area contributed by atoms with Gasteiger partial charge in [-0.25, -0.2) is 4.39 Å². The first-order valence-corrected chi connectivity index (χ1v) is 13.7. The number of aryl methyl sites for hydroxylation is 1. The fraction of sp³-hybridized carbons (Fsp3) is 0.367. The minimum Gasteiger partial charge on any atom is -0.497 e. The first kappa shape index (κ1) is 27.8. The van der Waals surface area contributed by atoms with Crippen LogP contribution in [0.2, 0.25) is 0 Å². The van der Waals surface area contributed by atoms with Crippen LogP contribution in [0, 0.1) is 12.7 Å². The molecule has 202 valence electrons. The number of hydrogen-bond acceptors (Lipinski definition) is 6. The van der Waals surface area contributed by atoms with Crippen LogP contribution in [0.25, 0.3) is 0 Å². The van der Waals surface area contributed by atoms with Crippen LogP contribution >= 0.6 is 11.8 Å². The fourth-order valence-corrected chi connectivity index (χ4v) is 5.84. The Morgan fingerprint density at radius 1 is 1.00 bits per heavy atom. The van der Waals surface area contributed by atoms with E-state index in [0.717, 1.165) is 52.6 Å². The summed E-state index contributed by atoms with van der Waals surface area (Å²) >= 11 is 1.66. The van der Waals surface area contributed by atoms with Crippen molar-refractivity contribution in [2.75, 3.05) is 45.4 Å². The molecule has 0 saturated heterocycles. The lowest BCUT2D eigenvalue weighted by Gasteiger charge is -2.25. The average molecular weight is 539 g/mol. The Kier molecular flexibility index (Phi) is 9.53. The average Bonchev–Trinajstić information content (AvgIpc) is 3.28. The lowest BCUT2D eigenvalue weighted by Crippen LogP contribution is -2.28. The molecule has 4 rings (SSSR count). The summed E-state index contributed by atoms with van der Waals surface area (Å²) in [6.07, 6.45) is 1.82. The maximum atomic E-state index is 13.7. The highest BCUT2D eigenvalue weighted by molar-refractivity contribution is 8.00. The van der Waals surface area contributed by atoms with Crippen LogP contribution in [0.5, 0.6) is 17.2 Å². The predicted molar refractivity (Wildman–Crippen MR) is 150 cm³/mol. The van der Waals surface area contributed by atoms with E-state index in [-0.39, 0.29) is 22.8 Å². The summed E-state index contributed by atoms with van der Waals surface area (Å²) in [6.45, 7) is 6.22. The van der Waals surface area contributed by atoms with Gasteiger partial charge in [-0.05, 0) is 81.4 Å². The molecule has 1 atom stereocenters. The second-order valence-corrected chi connectivity index (χ2v) is 10.5. The molecule has 1 unspecified atom stereocenters. The van der Waals surface area contributed by atoms with E-state index in [2.05, 4.69) is 17.9 Å². The zero-order chi connectivity index (χ0) is 27.1. The third-order valence-electron chi connectivity index (χ3n) is 6.43. The lowest BCUT2D eigenvalue weighted by atomic mass is 10.1. The molecule has 1 heterocycles. The number of hydrogen-bond donors (Lipinski definition) is 0. The monoisotopic (exact) mass is 538 g/mol. The molecule has 6 nitrogen and oxygen atoms in total. The molecule has 0 aliphatic carbocycles. The first-order valence-electron chi connectivity index (χ1n) is 12.8. The molecule has 0 fully saturated rings. The summed E-state index contributed by atoms with van der Waals surface area (Å²) in [5.41, 5.74) is 3.00. The van der Waals surface area contributed by atoms with Crippen LogP contribution in [0.15, 0.2) is 65.6 Å². The number of benzene rings is 3. The number of unbranched alkanes of at least 4 members (excludes halogenated alkanes) is 1. The number of anilines is 1. The third-order valence-corrected chi connectivity index (χ3v) is 7.70. The van der Waals surface area contributed by atoms with Crippen molar-refractivity contribution < 1.29 is 23.4 Å². The maximum absolute atomic E-state index is 13.7. The van der Waals surface area contributed by atoms with E-state index < -0.39 is 0 Å². The van der Waals surface area contributed by atoms with Crippen LogP contribution in [-0.4, -0.2) is 51.3 Å². The minimum atomic E-state index is -0.341. The largest absolute Gasteiger partial charge is 0.497 e. The van der Waals surface area contributed by atoms with Crippen molar-refractivity contribution in [3.8, 4) is 17.2 Å². The fourth-order valence-electron chi connectivity index (χ4n) is 4.38. The SMILES string of the molecule is COc1ccc(OCCCCN(C)CCOc2ccccc2F)c(C2Sc3cc(C)ccc3N2C(C)=O)c1. The van der Waals surface area contributed by atoms with Gasteiger partial charge >= 0.3 is 0 Å². The van der Waals surface area contributed by atoms with Crippen molar-refractivity contribution in [2.45, 2.75) is 37.0 Å². The molecule has 1 aliphatic heterocycles. The Morgan fingerprint density at radius 2 is 1.79 bits per heavy atom. The number of amides is 1. The molecule has 0 aromatic heterocycles. The number of likely N-dealkylation sites (N-methyl/N-ethyl adjacent to an activating group) is 1. The van der Waals surface area contributed by atoms with Crippen molar-refractivity contribution in [1.82, 2.24) is 4.90 Å². The molecule has 0 spiro atoms. The van der Waals surface area contributed by atoms with Gasteiger partial charge in [0.1, 0.15) is 23.5 Å². The molecule has 1 aliphatic rings. The molecule has 0 radical (unpaired) electrons. The number of thioether (sulfide) groups is 1. The zero-order valence-corrected chi connectivity index (χ0v) is 23.2. The highest BCUT2D eigenvalue weighted by atomic mass is 32.2. The van der Waals surface area contributed by atoms with Gasteiger partial charge < -0.3 is 19.1 Å². The highest BCUT2D eigenvalue weighted by Gasteiger charge is 2.36. The summed E-state index contributed by atoms with van der Waals surface area (Å²) in [7, 11) is 3.67. The molecule has 1 amide bonds. The van der Waals surface area contributed by atoms with Gasteiger partial charge in [0.25, 0.3) is 0 Å². The van der Waals surface area contributed by atoms with Gasteiger partial charge in [0.15, 0.2) is 11.6 Å². The number of halogens is 1. The van der Waals surface area contributed by atoms with Gasteiger partial charge in [-0.2, -0.15) is 0 Å². The lowest BCUT2D eigenvalue weighted by molar-refractivity contribution is -0.116. The maximum Gasteiger partial charge on any atom is 0.225 e. The van der Waals surface area contributed by atoms with E-state index in [1.54, 1.807) is 44.0 Å². The van der Waals surface area contributed by atoms with Crippen molar-refractivity contribution in [3.05, 3.63) is 77.6 Å². The summed E-state index contributed by atoms with van der Waals surface area (Å²) in [5, 5.41) is -0.227. The quantitative estimate of drug-likeness (QED) is 0.246. The zero-order valence-electron chi connectivity index (χ0n) is 22.4. The summed E-state index contributed by atoms with van der Waals surface area (Å²) in [6, 6.07) is 18.4. The van der Waals surface area contributed by atoms with E-state index in [9.17, 15) is 9.18 Å². The smallest absolute Gasteiger partial charge is 0.225 e.